The Morgan fingerprint density at radius 3 is 3.00 bits per heavy atom. The van der Waals surface area contributed by atoms with E-state index in [1.54, 1.807) is 0 Å². The Labute approximate surface area is 152 Å². The summed E-state index contributed by atoms with van der Waals surface area (Å²) in [6, 6.07) is 8.39. The third-order valence-electron chi connectivity index (χ3n) is 4.86. The summed E-state index contributed by atoms with van der Waals surface area (Å²) in [5.41, 5.74) is 1.04. The Kier molecular flexibility index (Phi) is 8.06. The van der Waals surface area contributed by atoms with E-state index in [1.165, 1.54) is 25.8 Å². The van der Waals surface area contributed by atoms with Gasteiger partial charge in [0.05, 0.1) is 12.6 Å². The Morgan fingerprint density at radius 2 is 2.24 bits per heavy atom. The molecule has 140 valence electrons. The van der Waals surface area contributed by atoms with Gasteiger partial charge in [-0.05, 0) is 64.3 Å². The quantitative estimate of drug-likeness (QED) is 0.705. The number of benzene rings is 1. The molecule has 2 amide bonds. The van der Waals surface area contributed by atoms with Crippen LogP contribution in [0.2, 0.25) is 0 Å². The Balaban J connectivity index is 1.68. The molecule has 1 aliphatic heterocycles. The second-order valence-corrected chi connectivity index (χ2v) is 6.86. The van der Waals surface area contributed by atoms with E-state index in [4.69, 9.17) is 4.74 Å². The molecule has 2 atom stereocenters. The summed E-state index contributed by atoms with van der Waals surface area (Å²) in [5, 5.41) is 5.96. The molecule has 0 spiro atoms. The molecule has 0 aliphatic carbocycles. The number of ether oxygens (including phenoxy) is 1. The molecular formula is C20H33N3O2. The molecule has 1 aromatic carbocycles. The summed E-state index contributed by atoms with van der Waals surface area (Å²) < 4.78 is 5.51. The molecule has 5 nitrogen and oxygen atoms in total. The highest BCUT2D eigenvalue weighted by Crippen LogP contribution is 2.19. The van der Waals surface area contributed by atoms with E-state index < -0.39 is 0 Å². The molecule has 1 saturated heterocycles. The van der Waals surface area contributed by atoms with Gasteiger partial charge in [0.1, 0.15) is 5.75 Å². The summed E-state index contributed by atoms with van der Waals surface area (Å²) in [4.78, 5) is 14.6. The SMILES string of the molecule is CCOc1cccc(C(C)NC(=O)NCCCN2CCCCC2C)c1. The Morgan fingerprint density at radius 1 is 1.40 bits per heavy atom. The number of piperidine rings is 1. The zero-order chi connectivity index (χ0) is 18.1. The molecule has 1 aliphatic rings. The predicted octanol–water partition coefficient (Wildman–Crippen LogP) is 3.71. The van der Waals surface area contributed by atoms with Crippen molar-refractivity contribution in [1.82, 2.24) is 15.5 Å². The van der Waals surface area contributed by atoms with Crippen LogP contribution in [0.15, 0.2) is 24.3 Å². The second-order valence-electron chi connectivity index (χ2n) is 6.86. The molecule has 5 heteroatoms. The van der Waals surface area contributed by atoms with Crippen LogP contribution in [0.3, 0.4) is 0 Å². The fourth-order valence-corrected chi connectivity index (χ4v) is 3.35. The molecule has 0 radical (unpaired) electrons. The molecule has 2 N–H and O–H groups in total. The number of amides is 2. The highest BCUT2D eigenvalue weighted by atomic mass is 16.5. The fraction of sp³-hybridized carbons (Fsp3) is 0.650. The minimum atomic E-state index is -0.110. The highest BCUT2D eigenvalue weighted by Gasteiger charge is 2.17. The van der Waals surface area contributed by atoms with Gasteiger partial charge in [-0.3, -0.25) is 0 Å². The number of carbonyl (C=O) groups is 1. The maximum atomic E-state index is 12.1. The van der Waals surface area contributed by atoms with Crippen molar-refractivity contribution in [3.63, 3.8) is 0 Å². The summed E-state index contributed by atoms with van der Waals surface area (Å²) >= 11 is 0. The van der Waals surface area contributed by atoms with Crippen LogP contribution in [0.4, 0.5) is 4.79 Å². The van der Waals surface area contributed by atoms with E-state index in [9.17, 15) is 4.79 Å². The van der Waals surface area contributed by atoms with Crippen molar-refractivity contribution in [1.29, 1.82) is 0 Å². The zero-order valence-electron chi connectivity index (χ0n) is 15.9. The first kappa shape index (κ1) is 19.6. The second kappa shape index (κ2) is 10.3. The summed E-state index contributed by atoms with van der Waals surface area (Å²) in [6.45, 7) is 9.86. The zero-order valence-corrected chi connectivity index (χ0v) is 15.9. The van der Waals surface area contributed by atoms with Crippen molar-refractivity contribution in [3.8, 4) is 5.75 Å². The number of urea groups is 1. The average Bonchev–Trinajstić information content (AvgIpc) is 2.60. The van der Waals surface area contributed by atoms with Gasteiger partial charge < -0.3 is 20.3 Å². The van der Waals surface area contributed by atoms with Gasteiger partial charge in [0, 0.05) is 19.1 Å². The minimum Gasteiger partial charge on any atom is -0.494 e. The first-order chi connectivity index (χ1) is 12.1. The number of nitrogens with one attached hydrogen (secondary N) is 2. The van der Waals surface area contributed by atoms with Crippen LogP contribution < -0.4 is 15.4 Å². The molecular weight excluding hydrogens is 314 g/mol. The highest BCUT2D eigenvalue weighted by molar-refractivity contribution is 5.74. The predicted molar refractivity (Wildman–Crippen MR) is 102 cm³/mol. The van der Waals surface area contributed by atoms with Gasteiger partial charge in [-0.25, -0.2) is 4.79 Å². The lowest BCUT2D eigenvalue weighted by atomic mass is 10.0. The van der Waals surface area contributed by atoms with Gasteiger partial charge in [-0.1, -0.05) is 18.6 Å². The minimum absolute atomic E-state index is 0.0532. The normalized spacial score (nSPS) is 19.2. The number of likely N-dealkylation sites (tertiary alicyclic amines) is 1. The Bertz CT molecular complexity index is 535. The first-order valence-electron chi connectivity index (χ1n) is 9.61. The number of hydrogen-bond acceptors (Lipinski definition) is 3. The smallest absolute Gasteiger partial charge is 0.315 e. The van der Waals surface area contributed by atoms with E-state index in [2.05, 4.69) is 22.5 Å². The molecule has 2 rings (SSSR count). The van der Waals surface area contributed by atoms with Crippen molar-refractivity contribution < 1.29 is 9.53 Å². The van der Waals surface area contributed by atoms with E-state index in [-0.39, 0.29) is 12.1 Å². The molecule has 2 unspecified atom stereocenters. The van der Waals surface area contributed by atoms with Crippen LogP contribution in [-0.2, 0) is 0 Å². The lowest BCUT2D eigenvalue weighted by Crippen LogP contribution is -2.41. The number of nitrogens with zero attached hydrogens (tertiary/aromatic N) is 1. The van der Waals surface area contributed by atoms with Crippen molar-refractivity contribution in [2.75, 3.05) is 26.2 Å². The van der Waals surface area contributed by atoms with Crippen LogP contribution in [0.25, 0.3) is 0 Å². The maximum absolute atomic E-state index is 12.1. The van der Waals surface area contributed by atoms with Crippen molar-refractivity contribution >= 4 is 6.03 Å². The Hall–Kier alpha value is -1.75. The summed E-state index contributed by atoms with van der Waals surface area (Å²) in [5.74, 6) is 0.838. The molecule has 1 heterocycles. The summed E-state index contributed by atoms with van der Waals surface area (Å²) in [7, 11) is 0. The van der Waals surface area contributed by atoms with Gasteiger partial charge in [-0.15, -0.1) is 0 Å². The van der Waals surface area contributed by atoms with Crippen LogP contribution in [-0.4, -0.2) is 43.2 Å². The van der Waals surface area contributed by atoms with E-state index >= 15 is 0 Å². The van der Waals surface area contributed by atoms with Crippen LogP contribution >= 0.6 is 0 Å². The third kappa shape index (κ3) is 6.58. The van der Waals surface area contributed by atoms with Crippen LogP contribution in [0.1, 0.15) is 58.1 Å². The van der Waals surface area contributed by atoms with Crippen LogP contribution in [0, 0.1) is 0 Å². The standard InChI is InChI=1S/C20H33N3O2/c1-4-25-19-11-7-10-18(15-19)17(3)22-20(24)21-12-8-14-23-13-6-5-9-16(23)2/h7,10-11,15-17H,4-6,8-9,12-14H2,1-3H3,(H2,21,22,24). The van der Waals surface area contributed by atoms with Gasteiger partial charge in [0.15, 0.2) is 0 Å². The van der Waals surface area contributed by atoms with Gasteiger partial charge in [0.25, 0.3) is 0 Å². The molecule has 0 bridgehead atoms. The van der Waals surface area contributed by atoms with Gasteiger partial charge >= 0.3 is 6.03 Å². The van der Waals surface area contributed by atoms with E-state index in [0.29, 0.717) is 19.2 Å². The summed E-state index contributed by atoms with van der Waals surface area (Å²) in [6.07, 6.45) is 4.94. The lowest BCUT2D eigenvalue weighted by molar-refractivity contribution is 0.159. The maximum Gasteiger partial charge on any atom is 0.315 e. The molecule has 25 heavy (non-hydrogen) atoms. The monoisotopic (exact) mass is 347 g/mol. The molecule has 0 saturated carbocycles. The van der Waals surface area contributed by atoms with E-state index in [0.717, 1.165) is 24.3 Å². The topological polar surface area (TPSA) is 53.6 Å². The van der Waals surface area contributed by atoms with E-state index in [1.807, 2.05) is 38.1 Å². The largest absolute Gasteiger partial charge is 0.494 e. The fourth-order valence-electron chi connectivity index (χ4n) is 3.35. The van der Waals surface area contributed by atoms with Crippen molar-refractivity contribution in [2.24, 2.45) is 0 Å². The third-order valence-corrected chi connectivity index (χ3v) is 4.86. The van der Waals surface area contributed by atoms with Crippen LogP contribution in [0.5, 0.6) is 5.75 Å². The number of rotatable bonds is 8. The molecule has 0 aromatic heterocycles. The van der Waals surface area contributed by atoms with Crippen molar-refractivity contribution in [2.45, 2.75) is 58.5 Å². The number of hydrogen-bond donors (Lipinski definition) is 2. The van der Waals surface area contributed by atoms with Gasteiger partial charge in [0.2, 0.25) is 0 Å². The lowest BCUT2D eigenvalue weighted by Gasteiger charge is -2.33. The molecule has 1 aromatic rings. The molecule has 1 fully saturated rings. The first-order valence-corrected chi connectivity index (χ1v) is 9.61. The van der Waals surface area contributed by atoms with Gasteiger partial charge in [-0.2, -0.15) is 0 Å². The average molecular weight is 348 g/mol. The number of carbonyl (C=O) groups excluding carboxylic acids is 1. The van der Waals surface area contributed by atoms with Crippen molar-refractivity contribution in [3.05, 3.63) is 29.8 Å².